The van der Waals surface area contributed by atoms with Gasteiger partial charge in [0.05, 0.1) is 46.7 Å². The van der Waals surface area contributed by atoms with Crippen LogP contribution in [0.3, 0.4) is 0 Å². The number of piperazine rings is 1. The number of nitrogens with one attached hydrogen (secondary N) is 3. The van der Waals surface area contributed by atoms with E-state index in [-0.39, 0.29) is 0 Å². The first kappa shape index (κ1) is 24.7. The zero-order valence-electron chi connectivity index (χ0n) is 22.8. The number of pyridine rings is 3. The van der Waals surface area contributed by atoms with Gasteiger partial charge in [0, 0.05) is 43.6 Å². The first-order chi connectivity index (χ1) is 19.6. The molecular weight excluding hydrogens is 500 g/mol. The first-order valence-electron chi connectivity index (χ1n) is 14.2. The molecule has 0 amide bonds. The molecule has 0 radical (unpaired) electrons. The normalized spacial score (nSPS) is 17.1. The van der Waals surface area contributed by atoms with Gasteiger partial charge in [0.2, 0.25) is 0 Å². The molecule has 5 aromatic rings. The van der Waals surface area contributed by atoms with E-state index in [2.05, 4.69) is 60.0 Å². The molecule has 0 atom stereocenters. The lowest BCUT2D eigenvalue weighted by Gasteiger charge is -2.33. The maximum Gasteiger partial charge on any atom is 0.161 e. The molecule has 0 aromatic carbocycles. The lowest BCUT2D eigenvalue weighted by atomic mass is 9.87. The SMILES string of the molecule is C=C(Nc1cncc(-c2ccc3[nH]nc(-c4nc5c(N6CCN(C)CC6)cncc5[nH]4)c3n2)c1)C1CCCCC1. The van der Waals surface area contributed by atoms with Crippen molar-refractivity contribution in [2.24, 2.45) is 5.92 Å². The van der Waals surface area contributed by atoms with Gasteiger partial charge in [-0.15, -0.1) is 0 Å². The summed E-state index contributed by atoms with van der Waals surface area (Å²) in [6.45, 7) is 8.26. The van der Waals surface area contributed by atoms with Crippen LogP contribution < -0.4 is 10.2 Å². The van der Waals surface area contributed by atoms with Crippen molar-refractivity contribution in [3.05, 3.63) is 55.3 Å². The molecule has 10 nitrogen and oxygen atoms in total. The molecule has 0 spiro atoms. The van der Waals surface area contributed by atoms with Gasteiger partial charge in [0.25, 0.3) is 0 Å². The fourth-order valence-electron chi connectivity index (χ4n) is 5.92. The van der Waals surface area contributed by atoms with Gasteiger partial charge in [-0.2, -0.15) is 5.10 Å². The molecule has 1 aliphatic heterocycles. The van der Waals surface area contributed by atoms with Crippen LogP contribution in [0.4, 0.5) is 11.4 Å². The van der Waals surface area contributed by atoms with E-state index in [1.807, 2.05) is 36.9 Å². The minimum atomic E-state index is 0.524. The smallest absolute Gasteiger partial charge is 0.161 e. The third kappa shape index (κ3) is 4.68. The third-order valence-electron chi connectivity index (χ3n) is 8.29. The van der Waals surface area contributed by atoms with Gasteiger partial charge < -0.3 is 20.1 Å². The van der Waals surface area contributed by atoms with Crippen LogP contribution >= 0.6 is 0 Å². The second kappa shape index (κ2) is 10.3. The lowest BCUT2D eigenvalue weighted by molar-refractivity contribution is 0.313. The van der Waals surface area contributed by atoms with Crippen LogP contribution in [0.5, 0.6) is 0 Å². The van der Waals surface area contributed by atoms with Gasteiger partial charge in [-0.05, 0) is 44.0 Å². The average molecular weight is 535 g/mol. The van der Waals surface area contributed by atoms with Gasteiger partial charge in [0.15, 0.2) is 11.5 Å². The molecule has 2 fully saturated rings. The van der Waals surface area contributed by atoms with Gasteiger partial charge in [0.1, 0.15) is 11.0 Å². The van der Waals surface area contributed by atoms with Gasteiger partial charge in [-0.1, -0.05) is 25.8 Å². The molecule has 1 saturated carbocycles. The van der Waals surface area contributed by atoms with Crippen molar-refractivity contribution in [3.63, 3.8) is 0 Å². The monoisotopic (exact) mass is 534 g/mol. The predicted molar refractivity (Wildman–Crippen MR) is 159 cm³/mol. The molecule has 2 aliphatic rings. The van der Waals surface area contributed by atoms with Gasteiger partial charge in [-0.25, -0.2) is 9.97 Å². The van der Waals surface area contributed by atoms with Crippen molar-refractivity contribution in [2.75, 3.05) is 43.4 Å². The molecule has 1 aliphatic carbocycles. The third-order valence-corrected chi connectivity index (χ3v) is 8.29. The highest BCUT2D eigenvalue weighted by atomic mass is 15.3. The summed E-state index contributed by atoms with van der Waals surface area (Å²) in [5.41, 5.74) is 8.91. The summed E-state index contributed by atoms with van der Waals surface area (Å²) in [6, 6.07) is 6.09. The van der Waals surface area contributed by atoms with E-state index >= 15 is 0 Å². The summed E-state index contributed by atoms with van der Waals surface area (Å²) >= 11 is 0. The minimum Gasteiger partial charge on any atom is -0.366 e. The fourth-order valence-corrected chi connectivity index (χ4v) is 5.92. The van der Waals surface area contributed by atoms with Crippen LogP contribution in [0.1, 0.15) is 32.1 Å². The van der Waals surface area contributed by atoms with Crippen molar-refractivity contribution < 1.29 is 0 Å². The van der Waals surface area contributed by atoms with Crippen LogP contribution in [-0.4, -0.2) is 73.2 Å². The summed E-state index contributed by atoms with van der Waals surface area (Å²) in [7, 11) is 2.16. The van der Waals surface area contributed by atoms with Crippen molar-refractivity contribution >= 4 is 33.4 Å². The van der Waals surface area contributed by atoms with E-state index in [1.165, 1.54) is 32.1 Å². The number of anilines is 2. The number of hydrogen-bond acceptors (Lipinski definition) is 8. The number of hydrogen-bond donors (Lipinski definition) is 3. The summed E-state index contributed by atoms with van der Waals surface area (Å²) in [6.07, 6.45) is 13.7. The highest BCUT2D eigenvalue weighted by Crippen LogP contribution is 2.32. The molecule has 10 heteroatoms. The predicted octanol–water partition coefficient (Wildman–Crippen LogP) is 5.22. The molecule has 3 N–H and O–H groups in total. The Morgan fingerprint density at radius 3 is 2.60 bits per heavy atom. The maximum atomic E-state index is 5.01. The van der Waals surface area contributed by atoms with Gasteiger partial charge in [-0.3, -0.25) is 15.1 Å². The van der Waals surface area contributed by atoms with E-state index in [0.29, 0.717) is 17.4 Å². The summed E-state index contributed by atoms with van der Waals surface area (Å²) in [5.74, 6) is 1.20. The molecule has 0 unspecified atom stereocenters. The Hall–Kier alpha value is -4.31. The van der Waals surface area contributed by atoms with E-state index in [1.54, 1.807) is 0 Å². The second-order valence-electron chi connectivity index (χ2n) is 11.0. The number of nitrogens with zero attached hydrogens (tertiary/aromatic N) is 7. The van der Waals surface area contributed by atoms with E-state index in [0.717, 1.165) is 76.6 Å². The first-order valence-corrected chi connectivity index (χ1v) is 14.2. The Morgan fingerprint density at radius 2 is 1.75 bits per heavy atom. The Balaban J connectivity index is 1.19. The molecule has 5 aromatic heterocycles. The zero-order chi connectivity index (χ0) is 27.1. The van der Waals surface area contributed by atoms with Crippen molar-refractivity contribution in [1.82, 2.24) is 40.0 Å². The number of fused-ring (bicyclic) bond motifs is 2. The van der Waals surface area contributed by atoms with Gasteiger partial charge >= 0.3 is 0 Å². The van der Waals surface area contributed by atoms with Crippen molar-refractivity contribution in [2.45, 2.75) is 32.1 Å². The van der Waals surface area contributed by atoms with Crippen LogP contribution in [0.2, 0.25) is 0 Å². The zero-order valence-corrected chi connectivity index (χ0v) is 22.8. The van der Waals surface area contributed by atoms with Crippen molar-refractivity contribution in [1.29, 1.82) is 0 Å². The molecule has 1 saturated heterocycles. The average Bonchev–Trinajstić information content (AvgIpc) is 3.62. The maximum absolute atomic E-state index is 5.01. The number of aromatic amines is 2. The number of likely N-dealkylation sites (N-methyl/N-ethyl adjacent to an activating group) is 1. The largest absolute Gasteiger partial charge is 0.366 e. The Labute approximate surface area is 233 Å². The summed E-state index contributed by atoms with van der Waals surface area (Å²) in [5, 5.41) is 11.2. The number of rotatable bonds is 6. The number of H-pyrrole nitrogens is 2. The Kier molecular flexibility index (Phi) is 6.39. The topological polar surface area (TPSA) is 115 Å². The summed E-state index contributed by atoms with van der Waals surface area (Å²) in [4.78, 5) is 27.1. The Bertz CT molecular complexity index is 1670. The van der Waals surface area contributed by atoms with E-state index in [4.69, 9.17) is 9.97 Å². The second-order valence-corrected chi connectivity index (χ2v) is 11.0. The molecule has 6 heterocycles. The Morgan fingerprint density at radius 1 is 0.925 bits per heavy atom. The van der Waals surface area contributed by atoms with E-state index < -0.39 is 0 Å². The molecule has 40 heavy (non-hydrogen) atoms. The van der Waals surface area contributed by atoms with Crippen LogP contribution in [-0.2, 0) is 0 Å². The molecule has 7 rings (SSSR count). The minimum absolute atomic E-state index is 0.524. The molecule has 0 bridgehead atoms. The van der Waals surface area contributed by atoms with Crippen LogP contribution in [0.15, 0.2) is 55.3 Å². The van der Waals surface area contributed by atoms with Crippen molar-refractivity contribution in [3.8, 4) is 22.8 Å². The highest BCUT2D eigenvalue weighted by molar-refractivity contribution is 5.94. The highest BCUT2D eigenvalue weighted by Gasteiger charge is 2.21. The standard InChI is InChI=1S/C30H34N10/c1-19(20-6-4-3-5-7-20)33-22-14-21(15-31-16-22)23-8-9-24-28(34-23)29(38-37-24)30-35-25-17-32-18-26(27(25)36-30)40-12-10-39(2)11-13-40/h8-9,14-18,20,33H,1,3-7,10-13H2,2H3,(H,35,36)(H,37,38). The molecular formula is C30H34N10. The number of allylic oxidation sites excluding steroid dienone is 1. The van der Waals surface area contributed by atoms with Crippen LogP contribution in [0, 0.1) is 5.92 Å². The number of imidazole rings is 1. The fraction of sp³-hybridized carbons (Fsp3) is 0.367. The van der Waals surface area contributed by atoms with E-state index in [9.17, 15) is 0 Å². The number of aromatic nitrogens is 7. The quantitative estimate of drug-likeness (QED) is 0.272. The van der Waals surface area contributed by atoms with Crippen LogP contribution in [0.25, 0.3) is 44.8 Å². The summed E-state index contributed by atoms with van der Waals surface area (Å²) < 4.78 is 0. The molecule has 204 valence electrons. The lowest BCUT2D eigenvalue weighted by Crippen LogP contribution is -2.44.